The Balaban J connectivity index is 1.10. The maximum Gasteiger partial charge on any atom is 0.335 e. The number of aromatic hydroxyl groups is 1. The molecule has 19 nitrogen and oxygen atoms in total. The molecule has 0 saturated heterocycles. The van der Waals surface area contributed by atoms with Crippen LogP contribution in [0.5, 0.6) is 11.5 Å². The van der Waals surface area contributed by atoms with Crippen molar-refractivity contribution in [1.82, 2.24) is 25.5 Å². The van der Waals surface area contributed by atoms with Gasteiger partial charge in [-0.25, -0.2) is 4.79 Å². The van der Waals surface area contributed by atoms with Gasteiger partial charge in [0.1, 0.15) is 11.9 Å². The van der Waals surface area contributed by atoms with E-state index in [4.69, 9.17) is 20.8 Å². The number of nitriles is 1. The molecule has 0 fully saturated rings. The number of aliphatic hydroxyl groups excluding tert-OH is 1. The van der Waals surface area contributed by atoms with E-state index in [9.17, 15) is 34.2 Å². The third kappa shape index (κ3) is 10.6. The summed E-state index contributed by atoms with van der Waals surface area (Å²) in [6.07, 6.45) is -2.29. The van der Waals surface area contributed by atoms with Gasteiger partial charge in [-0.1, -0.05) is 12.1 Å². The standard InChI is InChI=1S/C43H38N10O9/c1-23(2)62-37-34(20-19-32(36(37)55)41(58)47-30-17-11-28(12-18-30)43(60)61)53-51-38(50-52-53)25-7-13-31(14-8-25)48-42(59)33(21-35(45)54)49-40(57)27-9-15-29(16-10-27)46-39(56)26-5-3-24(22-44)4-6-26/h3-20,23,33,40,49,55,57H,21H2,1-2H3,(H2,45,54)(H,46,56)(H,47,58)(H,48,59)(H,60,61). The minimum Gasteiger partial charge on any atom is -0.504 e. The Morgan fingerprint density at radius 1 is 0.790 bits per heavy atom. The number of nitrogens with one attached hydrogen (secondary N) is 4. The van der Waals surface area contributed by atoms with E-state index >= 15 is 0 Å². The van der Waals surface area contributed by atoms with Crippen molar-refractivity contribution in [2.24, 2.45) is 5.73 Å². The summed E-state index contributed by atoms with van der Waals surface area (Å²) in [7, 11) is 0. The molecule has 2 atom stereocenters. The van der Waals surface area contributed by atoms with Crippen molar-refractivity contribution < 1.29 is 44.0 Å². The second-order valence-electron chi connectivity index (χ2n) is 13.8. The Hall–Kier alpha value is -8.47. The summed E-state index contributed by atoms with van der Waals surface area (Å²) < 4.78 is 5.88. The number of benzene rings is 5. The normalized spacial score (nSPS) is 11.8. The molecule has 6 rings (SSSR count). The first kappa shape index (κ1) is 43.1. The summed E-state index contributed by atoms with van der Waals surface area (Å²) in [5, 5.41) is 63.6. The van der Waals surface area contributed by atoms with E-state index in [1.54, 1.807) is 50.2 Å². The molecule has 2 unspecified atom stereocenters. The molecule has 314 valence electrons. The van der Waals surface area contributed by atoms with E-state index in [-0.39, 0.29) is 28.4 Å². The van der Waals surface area contributed by atoms with Crippen LogP contribution in [-0.4, -0.2) is 77.3 Å². The first-order chi connectivity index (χ1) is 29.7. The van der Waals surface area contributed by atoms with Gasteiger partial charge in [0.2, 0.25) is 17.6 Å². The molecule has 0 spiro atoms. The van der Waals surface area contributed by atoms with Crippen LogP contribution in [0.4, 0.5) is 17.1 Å². The number of tetrazole rings is 1. The number of anilines is 3. The van der Waals surface area contributed by atoms with Crippen LogP contribution in [0.15, 0.2) is 109 Å². The van der Waals surface area contributed by atoms with Crippen LogP contribution in [0.3, 0.4) is 0 Å². The molecule has 9 N–H and O–H groups in total. The lowest BCUT2D eigenvalue weighted by Crippen LogP contribution is -2.44. The van der Waals surface area contributed by atoms with E-state index in [1.165, 1.54) is 72.8 Å². The minimum absolute atomic E-state index is 0.0377. The molecule has 4 amide bonds. The lowest BCUT2D eigenvalue weighted by Gasteiger charge is -2.21. The zero-order valence-corrected chi connectivity index (χ0v) is 32.9. The number of aliphatic hydroxyl groups is 1. The number of aromatic nitrogens is 4. The molecule has 5 aromatic carbocycles. The van der Waals surface area contributed by atoms with Crippen molar-refractivity contribution in [2.75, 3.05) is 16.0 Å². The number of nitrogens with zero attached hydrogens (tertiary/aromatic N) is 5. The third-order valence-electron chi connectivity index (χ3n) is 8.98. The van der Waals surface area contributed by atoms with Crippen LogP contribution in [0.25, 0.3) is 17.1 Å². The quantitative estimate of drug-likeness (QED) is 0.0629. The number of phenols is 1. The molecule has 0 saturated carbocycles. The molecule has 62 heavy (non-hydrogen) atoms. The number of hydrogen-bond acceptors (Lipinski definition) is 13. The molecule has 19 heteroatoms. The molecule has 1 heterocycles. The van der Waals surface area contributed by atoms with E-state index in [1.807, 2.05) is 6.07 Å². The highest BCUT2D eigenvalue weighted by atomic mass is 16.5. The highest BCUT2D eigenvalue weighted by Gasteiger charge is 2.26. The largest absolute Gasteiger partial charge is 0.504 e. The number of carbonyl (C=O) groups excluding carboxylic acids is 4. The number of carbonyl (C=O) groups is 5. The summed E-state index contributed by atoms with van der Waals surface area (Å²) in [5.74, 6) is -4.11. The number of rotatable bonds is 16. The topological polar surface area (TPSA) is 297 Å². The Labute approximate surface area is 352 Å². The zero-order chi connectivity index (χ0) is 44.5. The van der Waals surface area contributed by atoms with Crippen LogP contribution in [0.1, 0.15) is 68.7 Å². The van der Waals surface area contributed by atoms with E-state index in [2.05, 4.69) is 36.7 Å². The third-order valence-corrected chi connectivity index (χ3v) is 8.98. The van der Waals surface area contributed by atoms with Gasteiger partial charge >= 0.3 is 5.97 Å². The predicted molar refractivity (Wildman–Crippen MR) is 223 cm³/mol. The number of nitrogens with two attached hydrogens (primary N) is 1. The highest BCUT2D eigenvalue weighted by Crippen LogP contribution is 2.37. The molecule has 0 aliphatic rings. The average molecular weight is 839 g/mol. The van der Waals surface area contributed by atoms with Gasteiger partial charge in [-0.05, 0) is 122 Å². The number of aromatic carboxylic acids is 1. The van der Waals surface area contributed by atoms with Crippen molar-refractivity contribution in [3.63, 3.8) is 0 Å². The van der Waals surface area contributed by atoms with Gasteiger partial charge in [-0.2, -0.15) is 5.26 Å². The Kier molecular flexibility index (Phi) is 13.3. The molecule has 0 aliphatic carbocycles. The molecule has 6 aromatic rings. The van der Waals surface area contributed by atoms with Crippen LogP contribution >= 0.6 is 0 Å². The van der Waals surface area contributed by atoms with E-state index in [0.29, 0.717) is 39.3 Å². The average Bonchev–Trinajstić information content (AvgIpc) is 3.74. The van der Waals surface area contributed by atoms with Crippen molar-refractivity contribution in [3.8, 4) is 34.6 Å². The minimum atomic E-state index is -1.41. The van der Waals surface area contributed by atoms with Gasteiger partial charge in [-0.3, -0.25) is 24.5 Å². The second kappa shape index (κ2) is 19.1. The maximum absolute atomic E-state index is 13.3. The van der Waals surface area contributed by atoms with Gasteiger partial charge in [-0.15, -0.1) is 15.0 Å². The van der Waals surface area contributed by atoms with Crippen LogP contribution in [-0.2, 0) is 9.59 Å². The fraction of sp³-hybridized carbons (Fsp3) is 0.140. The first-order valence-electron chi connectivity index (χ1n) is 18.7. The number of primary amides is 1. The molecule has 0 radical (unpaired) electrons. The number of ether oxygens (including phenoxy) is 1. The molecule has 0 aliphatic heterocycles. The zero-order valence-electron chi connectivity index (χ0n) is 32.9. The van der Waals surface area contributed by atoms with E-state index < -0.39 is 60.1 Å². The Morgan fingerprint density at radius 2 is 1.37 bits per heavy atom. The van der Waals surface area contributed by atoms with Crippen LogP contribution in [0, 0.1) is 11.3 Å². The lowest BCUT2D eigenvalue weighted by molar-refractivity contribution is -0.124. The maximum atomic E-state index is 13.3. The fourth-order valence-corrected chi connectivity index (χ4v) is 5.88. The molecule has 0 bridgehead atoms. The number of hydrogen-bond donors (Lipinski definition) is 8. The highest BCUT2D eigenvalue weighted by molar-refractivity contribution is 6.07. The fourth-order valence-electron chi connectivity index (χ4n) is 5.88. The number of phenolic OH excluding ortho intramolecular Hbond substituents is 1. The van der Waals surface area contributed by atoms with Gasteiger partial charge < -0.3 is 41.7 Å². The Bertz CT molecular complexity index is 2660. The smallest absolute Gasteiger partial charge is 0.335 e. The number of amides is 4. The summed E-state index contributed by atoms with van der Waals surface area (Å²) >= 11 is 0. The summed E-state index contributed by atoms with van der Waals surface area (Å²) in [5.41, 5.74) is 8.11. The van der Waals surface area contributed by atoms with Crippen molar-refractivity contribution in [1.29, 1.82) is 5.26 Å². The monoisotopic (exact) mass is 838 g/mol. The lowest BCUT2D eigenvalue weighted by atomic mass is 10.1. The van der Waals surface area contributed by atoms with Gasteiger partial charge in [0.25, 0.3) is 11.8 Å². The van der Waals surface area contributed by atoms with Crippen molar-refractivity contribution >= 4 is 46.7 Å². The first-order valence-corrected chi connectivity index (χ1v) is 18.7. The molecular formula is C43H38N10O9. The molecule has 1 aromatic heterocycles. The van der Waals surface area contributed by atoms with Crippen molar-refractivity contribution in [3.05, 3.63) is 137 Å². The van der Waals surface area contributed by atoms with Crippen LogP contribution < -0.4 is 31.7 Å². The van der Waals surface area contributed by atoms with E-state index in [0.717, 1.165) is 4.80 Å². The SMILES string of the molecule is CC(C)Oc1c(-n2nnc(-c3ccc(NC(=O)C(CC(N)=O)NC(O)c4ccc(NC(=O)c5ccc(C#N)cc5)cc4)cc3)n2)ccc(C(=O)Nc2ccc(C(=O)O)cc2)c1O. The predicted octanol–water partition coefficient (Wildman–Crippen LogP) is 4.36. The summed E-state index contributed by atoms with van der Waals surface area (Å²) in [6, 6.07) is 27.6. The summed E-state index contributed by atoms with van der Waals surface area (Å²) in [4.78, 5) is 63.3. The summed E-state index contributed by atoms with van der Waals surface area (Å²) in [6.45, 7) is 3.44. The Morgan fingerprint density at radius 3 is 1.97 bits per heavy atom. The van der Waals surface area contributed by atoms with Crippen LogP contribution in [0.2, 0.25) is 0 Å². The number of carboxylic acids is 1. The van der Waals surface area contributed by atoms with Gasteiger partial charge in [0.15, 0.2) is 11.5 Å². The molecular weight excluding hydrogens is 801 g/mol. The second-order valence-corrected chi connectivity index (χ2v) is 13.8. The van der Waals surface area contributed by atoms with Gasteiger partial charge in [0.05, 0.1) is 41.3 Å². The van der Waals surface area contributed by atoms with Gasteiger partial charge in [0, 0.05) is 28.2 Å². The van der Waals surface area contributed by atoms with Crippen molar-refractivity contribution in [2.45, 2.75) is 38.6 Å². The number of carboxylic acid groups (broad SMARTS) is 1.